The van der Waals surface area contributed by atoms with Crippen molar-refractivity contribution >= 4 is 38.2 Å². The van der Waals surface area contributed by atoms with Crippen molar-refractivity contribution < 1.29 is 22.7 Å². The number of hydrogen-bond acceptors (Lipinski definition) is 7. The van der Waals surface area contributed by atoms with Crippen LogP contribution in [-0.2, 0) is 14.8 Å². The van der Waals surface area contributed by atoms with E-state index in [0.29, 0.717) is 23.7 Å². The number of urea groups is 1. The predicted molar refractivity (Wildman–Crippen MR) is 104 cm³/mol. The molecule has 0 fully saturated rings. The molecule has 3 N–H and O–H groups in total. The lowest BCUT2D eigenvalue weighted by atomic mass is 10.3. The molecule has 0 bridgehead atoms. The van der Waals surface area contributed by atoms with Crippen LogP contribution in [0.15, 0.2) is 28.5 Å². The molecule has 9 nitrogen and oxygen atoms in total. The van der Waals surface area contributed by atoms with E-state index in [1.807, 2.05) is 6.92 Å². The second-order valence-corrected chi connectivity index (χ2v) is 8.28. The van der Waals surface area contributed by atoms with Crippen molar-refractivity contribution in [2.75, 3.05) is 37.5 Å². The molecular weight excluding hydrogens is 392 g/mol. The van der Waals surface area contributed by atoms with Gasteiger partial charge < -0.3 is 14.8 Å². The van der Waals surface area contributed by atoms with Gasteiger partial charge in [-0.3, -0.25) is 5.32 Å². The Morgan fingerprint density at radius 1 is 1.22 bits per heavy atom. The van der Waals surface area contributed by atoms with Gasteiger partial charge >= 0.3 is 6.03 Å². The van der Waals surface area contributed by atoms with Crippen molar-refractivity contribution in [2.24, 2.45) is 0 Å². The Morgan fingerprint density at radius 2 is 1.93 bits per heavy atom. The van der Waals surface area contributed by atoms with Gasteiger partial charge in [-0.05, 0) is 38.1 Å². The minimum absolute atomic E-state index is 0.0509. The van der Waals surface area contributed by atoms with Crippen molar-refractivity contribution in [3.63, 3.8) is 0 Å². The summed E-state index contributed by atoms with van der Waals surface area (Å²) >= 11 is 0.878. The maximum absolute atomic E-state index is 12.3. The Balaban J connectivity index is 2.00. The molecule has 0 aliphatic rings. The van der Waals surface area contributed by atoms with Gasteiger partial charge in [0.05, 0.1) is 18.9 Å². The largest absolute Gasteiger partial charge is 0.494 e. The first-order chi connectivity index (χ1) is 12.9. The zero-order chi connectivity index (χ0) is 19.9. The maximum Gasteiger partial charge on any atom is 0.325 e. The van der Waals surface area contributed by atoms with Gasteiger partial charge in [0.15, 0.2) is 9.34 Å². The molecule has 11 heteroatoms. The Hall–Kier alpha value is -2.21. The van der Waals surface area contributed by atoms with Crippen LogP contribution in [-0.4, -0.2) is 46.3 Å². The zero-order valence-corrected chi connectivity index (χ0v) is 16.9. The number of hydrogen-bond donors (Lipinski definition) is 3. The van der Waals surface area contributed by atoms with Crippen molar-refractivity contribution in [1.29, 1.82) is 0 Å². The minimum Gasteiger partial charge on any atom is -0.494 e. The molecule has 2 aromatic rings. The number of thiazole rings is 1. The zero-order valence-electron chi connectivity index (χ0n) is 15.2. The highest BCUT2D eigenvalue weighted by molar-refractivity contribution is 7.91. The first kappa shape index (κ1) is 21.1. The van der Waals surface area contributed by atoms with Crippen LogP contribution < -0.4 is 20.1 Å². The number of anilines is 2. The van der Waals surface area contributed by atoms with Gasteiger partial charge in [0.25, 0.3) is 10.0 Å². The molecule has 2 rings (SSSR count). The van der Waals surface area contributed by atoms with Crippen LogP contribution in [0, 0.1) is 6.92 Å². The summed E-state index contributed by atoms with van der Waals surface area (Å²) in [6.45, 7) is 4.42. The van der Waals surface area contributed by atoms with E-state index in [4.69, 9.17) is 9.47 Å². The molecule has 0 saturated heterocycles. The molecule has 0 unspecified atom stereocenters. The molecule has 0 radical (unpaired) electrons. The fourth-order valence-corrected chi connectivity index (χ4v) is 4.55. The third-order valence-electron chi connectivity index (χ3n) is 3.24. The Morgan fingerprint density at radius 3 is 2.56 bits per heavy atom. The maximum atomic E-state index is 12.3. The third kappa shape index (κ3) is 6.17. The summed E-state index contributed by atoms with van der Waals surface area (Å²) in [7, 11) is -2.22. The number of aromatic nitrogens is 1. The summed E-state index contributed by atoms with van der Waals surface area (Å²) in [4.78, 5) is 16.2. The summed E-state index contributed by atoms with van der Waals surface area (Å²) < 4.78 is 37.2. The summed E-state index contributed by atoms with van der Waals surface area (Å²) in [5.74, 6) is 0.704. The van der Waals surface area contributed by atoms with Crippen LogP contribution in [0.25, 0.3) is 0 Å². The van der Waals surface area contributed by atoms with Gasteiger partial charge in [-0.2, -0.15) is 0 Å². The molecule has 1 aromatic heterocycles. The van der Waals surface area contributed by atoms with E-state index in [2.05, 4.69) is 20.3 Å². The van der Waals surface area contributed by atoms with E-state index in [1.54, 1.807) is 31.2 Å². The van der Waals surface area contributed by atoms with Crippen LogP contribution in [0.5, 0.6) is 5.75 Å². The standard InChI is InChI=1S/C16H22N4O5S2/c1-4-25-13-7-5-12(6-8-13)19-15(21)20-16-18-11(2)14(26-16)27(22,23)17-9-10-24-3/h5-8,17H,4,9-10H2,1-3H3,(H2,18,19,20,21). The highest BCUT2D eigenvalue weighted by atomic mass is 32.2. The average molecular weight is 415 g/mol. The highest BCUT2D eigenvalue weighted by Crippen LogP contribution is 2.27. The topological polar surface area (TPSA) is 119 Å². The lowest BCUT2D eigenvalue weighted by molar-refractivity contribution is 0.204. The Kier molecular flexibility index (Phi) is 7.54. The summed E-state index contributed by atoms with van der Waals surface area (Å²) in [6, 6.07) is 6.36. The molecule has 0 atom stereocenters. The number of nitrogens with zero attached hydrogens (tertiary/aromatic N) is 1. The summed E-state index contributed by atoms with van der Waals surface area (Å²) in [6.07, 6.45) is 0. The van der Waals surface area contributed by atoms with Crippen molar-refractivity contribution in [2.45, 2.75) is 18.1 Å². The molecule has 148 valence electrons. The lowest BCUT2D eigenvalue weighted by Gasteiger charge is -2.07. The Bertz CT molecular complexity index is 865. The van der Waals surface area contributed by atoms with Crippen LogP contribution in [0.4, 0.5) is 15.6 Å². The van der Waals surface area contributed by atoms with E-state index in [-0.39, 0.29) is 22.5 Å². The summed E-state index contributed by atoms with van der Waals surface area (Å²) in [5, 5.41) is 5.37. The number of sulfonamides is 1. The first-order valence-corrected chi connectivity index (χ1v) is 10.4. The van der Waals surface area contributed by atoms with E-state index >= 15 is 0 Å². The molecule has 0 aliphatic carbocycles. The third-order valence-corrected chi connectivity index (χ3v) is 6.38. The van der Waals surface area contributed by atoms with Crippen molar-refractivity contribution in [3.8, 4) is 5.75 Å². The van der Waals surface area contributed by atoms with Gasteiger partial charge in [-0.15, -0.1) is 0 Å². The van der Waals surface area contributed by atoms with Gasteiger partial charge in [0.1, 0.15) is 5.75 Å². The normalized spacial score (nSPS) is 11.2. The van der Waals surface area contributed by atoms with Gasteiger partial charge in [-0.25, -0.2) is 22.9 Å². The number of benzene rings is 1. The predicted octanol–water partition coefficient (Wildman–Crippen LogP) is 2.42. The fourth-order valence-electron chi connectivity index (χ4n) is 2.09. The molecule has 1 heterocycles. The molecular formula is C16H22N4O5S2. The number of ether oxygens (including phenoxy) is 2. The van der Waals surface area contributed by atoms with Crippen LogP contribution in [0.2, 0.25) is 0 Å². The van der Waals surface area contributed by atoms with Gasteiger partial charge in [0.2, 0.25) is 0 Å². The Labute approximate surface area is 162 Å². The smallest absolute Gasteiger partial charge is 0.325 e. The monoisotopic (exact) mass is 414 g/mol. The second-order valence-electron chi connectivity index (χ2n) is 5.32. The number of methoxy groups -OCH3 is 1. The number of nitrogens with one attached hydrogen (secondary N) is 3. The molecule has 0 saturated carbocycles. The minimum atomic E-state index is -3.71. The van der Waals surface area contributed by atoms with Gasteiger partial charge in [-0.1, -0.05) is 11.3 Å². The van der Waals surface area contributed by atoms with Crippen LogP contribution in [0.3, 0.4) is 0 Å². The quantitative estimate of drug-likeness (QED) is 0.542. The molecule has 27 heavy (non-hydrogen) atoms. The molecule has 1 aromatic carbocycles. The highest BCUT2D eigenvalue weighted by Gasteiger charge is 2.22. The second kappa shape index (κ2) is 9.65. The van der Waals surface area contributed by atoms with Crippen molar-refractivity contribution in [1.82, 2.24) is 9.71 Å². The molecule has 0 aliphatic heterocycles. The van der Waals surface area contributed by atoms with Gasteiger partial charge in [0, 0.05) is 19.3 Å². The number of amides is 2. The molecule has 0 spiro atoms. The number of aryl methyl sites for hydroxylation is 1. The number of rotatable bonds is 9. The summed E-state index contributed by atoms with van der Waals surface area (Å²) in [5.41, 5.74) is 0.875. The van der Waals surface area contributed by atoms with E-state index in [1.165, 1.54) is 7.11 Å². The number of carbonyl (C=O) groups is 1. The van der Waals surface area contributed by atoms with E-state index in [0.717, 1.165) is 11.3 Å². The lowest BCUT2D eigenvalue weighted by Crippen LogP contribution is -2.27. The number of carbonyl (C=O) groups excluding carboxylic acids is 1. The van der Waals surface area contributed by atoms with Crippen molar-refractivity contribution in [3.05, 3.63) is 30.0 Å². The SMILES string of the molecule is CCOc1ccc(NC(=O)Nc2nc(C)c(S(=O)(=O)NCCOC)s2)cc1. The fraction of sp³-hybridized carbons (Fsp3) is 0.375. The average Bonchev–Trinajstić information content (AvgIpc) is 2.98. The van der Waals surface area contributed by atoms with E-state index in [9.17, 15) is 13.2 Å². The molecule has 2 amide bonds. The van der Waals surface area contributed by atoms with Crippen LogP contribution in [0.1, 0.15) is 12.6 Å². The first-order valence-electron chi connectivity index (χ1n) is 8.12. The van der Waals surface area contributed by atoms with E-state index < -0.39 is 16.1 Å². The van der Waals surface area contributed by atoms with Crippen LogP contribution >= 0.6 is 11.3 Å².